The minimum atomic E-state index is 0.240. The van der Waals surface area contributed by atoms with Gasteiger partial charge >= 0.3 is 0 Å². The summed E-state index contributed by atoms with van der Waals surface area (Å²) in [6.07, 6.45) is 0. The Morgan fingerprint density at radius 1 is 1.44 bits per heavy atom. The lowest BCUT2D eigenvalue weighted by molar-refractivity contribution is 0.124. The van der Waals surface area contributed by atoms with Crippen LogP contribution in [0.25, 0.3) is 0 Å². The van der Waals surface area contributed by atoms with Crippen molar-refractivity contribution in [3.63, 3.8) is 0 Å². The molecule has 0 saturated carbocycles. The quantitative estimate of drug-likeness (QED) is 0.570. The van der Waals surface area contributed by atoms with Crippen molar-refractivity contribution in [3.05, 3.63) is 17.7 Å². The number of nitrogens with one attached hydrogen (secondary N) is 1. The van der Waals surface area contributed by atoms with Crippen molar-refractivity contribution in [3.8, 4) is 11.5 Å². The van der Waals surface area contributed by atoms with Crippen LogP contribution in [0.3, 0.4) is 0 Å². The van der Waals surface area contributed by atoms with Crippen LogP contribution in [0.4, 0.5) is 5.69 Å². The SMILES string of the molecule is CNCCOCc1cc(N)c2c(c1)OCO2. The number of hydrogen-bond acceptors (Lipinski definition) is 5. The molecule has 1 aliphatic heterocycles. The van der Waals surface area contributed by atoms with Crippen molar-refractivity contribution >= 4 is 5.69 Å². The molecule has 0 saturated heterocycles. The average Bonchev–Trinajstić information content (AvgIpc) is 2.73. The Balaban J connectivity index is 1.97. The van der Waals surface area contributed by atoms with Gasteiger partial charge < -0.3 is 25.3 Å². The van der Waals surface area contributed by atoms with Crippen LogP contribution in [-0.4, -0.2) is 27.0 Å². The molecular weight excluding hydrogens is 208 g/mol. The zero-order valence-electron chi connectivity index (χ0n) is 9.29. The smallest absolute Gasteiger partial charge is 0.231 e. The largest absolute Gasteiger partial charge is 0.453 e. The predicted octanol–water partition coefficient (Wildman–Crippen LogP) is 0.733. The summed E-state index contributed by atoms with van der Waals surface area (Å²) in [5.41, 5.74) is 7.43. The van der Waals surface area contributed by atoms with E-state index >= 15 is 0 Å². The molecule has 3 N–H and O–H groups in total. The van der Waals surface area contributed by atoms with Crippen LogP contribution < -0.4 is 20.5 Å². The van der Waals surface area contributed by atoms with Crippen LogP contribution in [0.2, 0.25) is 0 Å². The van der Waals surface area contributed by atoms with Gasteiger partial charge in [0, 0.05) is 6.54 Å². The van der Waals surface area contributed by atoms with Crippen molar-refractivity contribution in [2.24, 2.45) is 0 Å². The molecule has 0 radical (unpaired) electrons. The molecule has 1 aromatic carbocycles. The van der Waals surface area contributed by atoms with Gasteiger partial charge in [0.05, 0.1) is 18.9 Å². The summed E-state index contributed by atoms with van der Waals surface area (Å²) in [5, 5.41) is 3.01. The number of likely N-dealkylation sites (N-methyl/N-ethyl adjacent to an activating group) is 1. The number of rotatable bonds is 5. The Bertz CT molecular complexity index is 368. The highest BCUT2D eigenvalue weighted by Crippen LogP contribution is 2.38. The molecular formula is C11H16N2O3. The van der Waals surface area contributed by atoms with Gasteiger partial charge in [-0.25, -0.2) is 0 Å². The fourth-order valence-corrected chi connectivity index (χ4v) is 1.54. The molecule has 0 unspecified atom stereocenters. The number of nitrogens with two attached hydrogens (primary N) is 1. The van der Waals surface area contributed by atoms with Gasteiger partial charge in [-0.1, -0.05) is 0 Å². The van der Waals surface area contributed by atoms with Crippen LogP contribution in [0.1, 0.15) is 5.56 Å². The zero-order valence-corrected chi connectivity index (χ0v) is 9.29. The van der Waals surface area contributed by atoms with E-state index in [9.17, 15) is 0 Å². The number of nitrogen functional groups attached to an aromatic ring is 1. The molecule has 1 aliphatic rings. The molecule has 2 rings (SSSR count). The Labute approximate surface area is 94.5 Å². The van der Waals surface area contributed by atoms with Gasteiger partial charge in [-0.15, -0.1) is 0 Å². The summed E-state index contributed by atoms with van der Waals surface area (Å²) in [6.45, 7) is 2.27. The van der Waals surface area contributed by atoms with Gasteiger partial charge in [-0.3, -0.25) is 0 Å². The Morgan fingerprint density at radius 3 is 3.12 bits per heavy atom. The molecule has 0 aliphatic carbocycles. The second kappa shape index (κ2) is 5.05. The second-order valence-corrected chi connectivity index (χ2v) is 3.57. The van der Waals surface area contributed by atoms with E-state index in [1.807, 2.05) is 19.2 Å². The first-order chi connectivity index (χ1) is 7.81. The minimum absolute atomic E-state index is 0.240. The number of benzene rings is 1. The van der Waals surface area contributed by atoms with Gasteiger partial charge in [0.2, 0.25) is 6.79 Å². The maximum atomic E-state index is 5.83. The lowest BCUT2D eigenvalue weighted by Gasteiger charge is -2.07. The highest BCUT2D eigenvalue weighted by atomic mass is 16.7. The molecule has 1 heterocycles. The standard InChI is InChI=1S/C11H16N2O3/c1-13-2-3-14-6-8-4-9(12)11-10(5-8)15-7-16-11/h4-5,13H,2-3,6-7,12H2,1H3. The first kappa shape index (κ1) is 11.0. The number of hydrogen-bond donors (Lipinski definition) is 2. The predicted molar refractivity (Wildman–Crippen MR) is 60.6 cm³/mol. The summed E-state index contributed by atoms with van der Waals surface area (Å²) >= 11 is 0. The molecule has 0 bridgehead atoms. The Kier molecular flexibility index (Phi) is 3.48. The van der Waals surface area contributed by atoms with Gasteiger partial charge in [-0.2, -0.15) is 0 Å². The molecule has 0 spiro atoms. The molecule has 88 valence electrons. The number of ether oxygens (including phenoxy) is 3. The van der Waals surface area contributed by atoms with Crippen molar-refractivity contribution < 1.29 is 14.2 Å². The van der Waals surface area contributed by atoms with Gasteiger partial charge in [0.25, 0.3) is 0 Å². The highest BCUT2D eigenvalue weighted by molar-refractivity contribution is 5.63. The first-order valence-corrected chi connectivity index (χ1v) is 5.21. The minimum Gasteiger partial charge on any atom is -0.453 e. The Hall–Kier alpha value is -1.46. The highest BCUT2D eigenvalue weighted by Gasteiger charge is 2.17. The van der Waals surface area contributed by atoms with E-state index in [0.717, 1.165) is 12.1 Å². The van der Waals surface area contributed by atoms with Gasteiger partial charge in [0.15, 0.2) is 11.5 Å². The maximum absolute atomic E-state index is 5.83. The van der Waals surface area contributed by atoms with Crippen LogP contribution in [0, 0.1) is 0 Å². The molecule has 5 nitrogen and oxygen atoms in total. The monoisotopic (exact) mass is 224 g/mol. The van der Waals surface area contributed by atoms with E-state index in [2.05, 4.69) is 5.32 Å². The average molecular weight is 224 g/mol. The van der Waals surface area contributed by atoms with Gasteiger partial charge in [0.1, 0.15) is 0 Å². The maximum Gasteiger partial charge on any atom is 0.231 e. The third-order valence-corrected chi connectivity index (χ3v) is 2.33. The number of anilines is 1. The summed E-state index contributed by atoms with van der Waals surface area (Å²) < 4.78 is 16.0. The van der Waals surface area contributed by atoms with E-state index in [1.165, 1.54) is 0 Å². The zero-order chi connectivity index (χ0) is 11.4. The van der Waals surface area contributed by atoms with Crippen LogP contribution in [0.5, 0.6) is 11.5 Å². The van der Waals surface area contributed by atoms with Crippen molar-refractivity contribution in [1.29, 1.82) is 0 Å². The summed E-state index contributed by atoms with van der Waals surface area (Å²) in [7, 11) is 1.89. The van der Waals surface area contributed by atoms with E-state index in [0.29, 0.717) is 30.4 Å². The summed E-state index contributed by atoms with van der Waals surface area (Å²) in [6, 6.07) is 3.75. The van der Waals surface area contributed by atoms with Crippen molar-refractivity contribution in [2.45, 2.75) is 6.61 Å². The fourth-order valence-electron chi connectivity index (χ4n) is 1.54. The molecule has 0 aromatic heterocycles. The molecule has 1 aromatic rings. The lowest BCUT2D eigenvalue weighted by atomic mass is 10.2. The fraction of sp³-hybridized carbons (Fsp3) is 0.455. The third kappa shape index (κ3) is 2.37. The number of fused-ring (bicyclic) bond motifs is 1. The summed E-state index contributed by atoms with van der Waals surface area (Å²) in [5.74, 6) is 1.34. The van der Waals surface area contributed by atoms with Crippen molar-refractivity contribution in [2.75, 3.05) is 32.7 Å². The topological polar surface area (TPSA) is 65.7 Å². The van der Waals surface area contributed by atoms with Crippen LogP contribution in [0.15, 0.2) is 12.1 Å². The molecule has 16 heavy (non-hydrogen) atoms. The molecule has 5 heteroatoms. The normalized spacial score (nSPS) is 13.1. The molecule has 0 fully saturated rings. The third-order valence-electron chi connectivity index (χ3n) is 2.33. The Morgan fingerprint density at radius 2 is 2.31 bits per heavy atom. The van der Waals surface area contributed by atoms with Gasteiger partial charge in [-0.05, 0) is 24.7 Å². The molecule has 0 amide bonds. The van der Waals surface area contributed by atoms with Crippen LogP contribution >= 0.6 is 0 Å². The van der Waals surface area contributed by atoms with E-state index in [-0.39, 0.29) is 6.79 Å². The van der Waals surface area contributed by atoms with E-state index in [1.54, 1.807) is 0 Å². The summed E-state index contributed by atoms with van der Waals surface area (Å²) in [4.78, 5) is 0. The molecule has 0 atom stereocenters. The second-order valence-electron chi connectivity index (χ2n) is 3.57. The van der Waals surface area contributed by atoms with E-state index in [4.69, 9.17) is 19.9 Å². The van der Waals surface area contributed by atoms with E-state index < -0.39 is 0 Å². The van der Waals surface area contributed by atoms with Crippen LogP contribution in [-0.2, 0) is 11.3 Å². The lowest BCUT2D eigenvalue weighted by Crippen LogP contribution is -2.14. The first-order valence-electron chi connectivity index (χ1n) is 5.21. The van der Waals surface area contributed by atoms with Crippen molar-refractivity contribution in [1.82, 2.24) is 5.32 Å².